The highest BCUT2D eigenvalue weighted by Gasteiger charge is 2.39. The van der Waals surface area contributed by atoms with Crippen molar-refractivity contribution in [1.82, 2.24) is 10.2 Å². The van der Waals surface area contributed by atoms with Crippen LogP contribution in [0, 0.1) is 23.6 Å². The molecule has 35 heavy (non-hydrogen) atoms. The Hall–Kier alpha value is -2.37. The number of carbonyl (C=O) groups excluding carboxylic acids is 2. The molecule has 1 heterocycles. The van der Waals surface area contributed by atoms with Crippen molar-refractivity contribution in [3.05, 3.63) is 40.7 Å². The second kappa shape index (κ2) is 10.3. The molecule has 1 N–H and O–H groups in total. The molecule has 1 aromatic rings. The summed E-state index contributed by atoms with van der Waals surface area (Å²) in [6.07, 6.45) is 5.78. The number of nitrogens with zero attached hydrogens (tertiary/aromatic N) is 1. The third-order valence-electron chi connectivity index (χ3n) is 7.65. The lowest BCUT2D eigenvalue weighted by molar-refractivity contribution is -0.139. The highest BCUT2D eigenvalue weighted by atomic mass is 19.1. The number of hydrogen-bond acceptors (Lipinski definition) is 3. The monoisotopic (exact) mass is 484 g/mol. The summed E-state index contributed by atoms with van der Waals surface area (Å²) in [5.74, 6) is 0.994. The van der Waals surface area contributed by atoms with Crippen molar-refractivity contribution >= 4 is 17.6 Å². The molecule has 1 aliphatic heterocycles. The van der Waals surface area contributed by atoms with Gasteiger partial charge >= 0.3 is 6.09 Å². The molecule has 3 aliphatic rings. The number of halogens is 1. The van der Waals surface area contributed by atoms with Gasteiger partial charge < -0.3 is 15.0 Å². The van der Waals surface area contributed by atoms with Crippen molar-refractivity contribution in [3.8, 4) is 0 Å². The first-order chi connectivity index (χ1) is 16.5. The molecular formula is C29H41FN2O3. The van der Waals surface area contributed by atoms with E-state index >= 15 is 0 Å². The normalized spacial score (nSPS) is 24.3. The minimum absolute atomic E-state index is 0.0470. The number of rotatable bonds is 5. The molecule has 1 fully saturated rings. The van der Waals surface area contributed by atoms with Crippen molar-refractivity contribution in [1.29, 1.82) is 0 Å². The fraction of sp³-hybridized carbons (Fsp3) is 0.655. The molecular weight excluding hydrogens is 443 g/mol. The number of fused-ring (bicyclic) bond motifs is 2. The maximum Gasteiger partial charge on any atom is 0.407 e. The van der Waals surface area contributed by atoms with Gasteiger partial charge in [-0.15, -0.1) is 0 Å². The first kappa shape index (κ1) is 25.7. The molecule has 0 radical (unpaired) electrons. The van der Waals surface area contributed by atoms with E-state index in [-0.39, 0.29) is 29.8 Å². The van der Waals surface area contributed by atoms with Gasteiger partial charge in [0.25, 0.3) is 0 Å². The van der Waals surface area contributed by atoms with Gasteiger partial charge in [-0.3, -0.25) is 4.79 Å². The fourth-order valence-corrected chi connectivity index (χ4v) is 6.05. The van der Waals surface area contributed by atoms with Gasteiger partial charge in [-0.1, -0.05) is 19.9 Å². The van der Waals surface area contributed by atoms with Gasteiger partial charge in [0.05, 0.1) is 6.04 Å². The Bertz CT molecular complexity index is 986. The summed E-state index contributed by atoms with van der Waals surface area (Å²) in [5, 5.41) is 2.89. The Morgan fingerprint density at radius 3 is 2.54 bits per heavy atom. The fourth-order valence-electron chi connectivity index (χ4n) is 6.05. The zero-order valence-corrected chi connectivity index (χ0v) is 22.0. The van der Waals surface area contributed by atoms with Crippen LogP contribution in [0.1, 0.15) is 84.3 Å². The molecule has 2 amide bonds. The number of hydrogen-bond donors (Lipinski definition) is 1. The standard InChI is InChI=1S/C29H41FN2O3/c1-18(2)14-26-25-16-21-15-22(30)10-11-23(21)24(25)12-13-32(26)27(33)20-8-6-19(7-9-20)17-31-28(34)35-29(3,4)5/h10-11,15,18-20,26H,6-9,12-14,16-17H2,1-5H3,(H,31,34). The molecule has 1 atom stereocenters. The van der Waals surface area contributed by atoms with Crippen LogP contribution in [0.4, 0.5) is 9.18 Å². The predicted molar refractivity (Wildman–Crippen MR) is 136 cm³/mol. The molecule has 2 aliphatic carbocycles. The lowest BCUT2D eigenvalue weighted by Gasteiger charge is -2.41. The number of ether oxygens (including phenoxy) is 1. The van der Waals surface area contributed by atoms with Crippen LogP contribution >= 0.6 is 0 Å². The van der Waals surface area contributed by atoms with E-state index < -0.39 is 5.60 Å². The summed E-state index contributed by atoms with van der Waals surface area (Å²) >= 11 is 0. The van der Waals surface area contributed by atoms with Gasteiger partial charge in [0, 0.05) is 19.0 Å². The molecule has 1 saturated carbocycles. The summed E-state index contributed by atoms with van der Waals surface area (Å²) in [5.41, 5.74) is 4.41. The van der Waals surface area contributed by atoms with Gasteiger partial charge in [-0.2, -0.15) is 0 Å². The Labute approximate surface area is 209 Å². The number of carbonyl (C=O) groups is 2. The summed E-state index contributed by atoms with van der Waals surface area (Å²) < 4.78 is 19.2. The summed E-state index contributed by atoms with van der Waals surface area (Å²) in [7, 11) is 0. The summed E-state index contributed by atoms with van der Waals surface area (Å²) in [6.45, 7) is 11.3. The molecule has 4 rings (SSSR count). The van der Waals surface area contributed by atoms with Crippen LogP contribution in [0.3, 0.4) is 0 Å². The molecule has 192 valence electrons. The molecule has 5 nitrogen and oxygen atoms in total. The van der Waals surface area contributed by atoms with Crippen molar-refractivity contribution in [3.63, 3.8) is 0 Å². The number of alkyl carbamates (subject to hydrolysis) is 1. The third kappa shape index (κ3) is 6.07. The quantitative estimate of drug-likeness (QED) is 0.548. The summed E-state index contributed by atoms with van der Waals surface area (Å²) in [6, 6.07) is 5.25. The second-order valence-corrected chi connectivity index (χ2v) is 12.0. The van der Waals surface area contributed by atoms with Gasteiger partial charge in [0.15, 0.2) is 0 Å². The average molecular weight is 485 g/mol. The third-order valence-corrected chi connectivity index (χ3v) is 7.65. The maximum absolute atomic E-state index is 13.9. The summed E-state index contributed by atoms with van der Waals surface area (Å²) in [4.78, 5) is 27.9. The number of benzene rings is 1. The maximum atomic E-state index is 13.9. The Balaban J connectivity index is 1.38. The number of nitrogens with one attached hydrogen (secondary N) is 1. The lowest BCUT2D eigenvalue weighted by Crippen LogP contribution is -2.48. The van der Waals surface area contributed by atoms with Crippen molar-refractivity contribution < 1.29 is 18.7 Å². The van der Waals surface area contributed by atoms with Crippen LogP contribution in [0.5, 0.6) is 0 Å². The van der Waals surface area contributed by atoms with Crippen LogP contribution in [0.15, 0.2) is 23.8 Å². The van der Waals surface area contributed by atoms with Crippen molar-refractivity contribution in [2.75, 3.05) is 13.1 Å². The van der Waals surface area contributed by atoms with Crippen LogP contribution in [0.2, 0.25) is 0 Å². The number of amides is 2. The van der Waals surface area contributed by atoms with E-state index in [2.05, 4.69) is 24.1 Å². The van der Waals surface area contributed by atoms with Crippen LogP contribution in [-0.4, -0.2) is 41.6 Å². The van der Waals surface area contributed by atoms with Crippen LogP contribution < -0.4 is 5.32 Å². The van der Waals surface area contributed by atoms with Crippen molar-refractivity contribution in [2.24, 2.45) is 17.8 Å². The smallest absolute Gasteiger partial charge is 0.407 e. The molecule has 6 heteroatoms. The molecule has 0 aromatic heterocycles. The largest absolute Gasteiger partial charge is 0.444 e. The van der Waals surface area contributed by atoms with Crippen LogP contribution in [0.25, 0.3) is 5.57 Å². The van der Waals surface area contributed by atoms with E-state index in [1.165, 1.54) is 16.7 Å². The first-order valence-electron chi connectivity index (χ1n) is 13.3. The highest BCUT2D eigenvalue weighted by Crippen LogP contribution is 2.43. The van der Waals surface area contributed by atoms with Gasteiger partial charge in [-0.25, -0.2) is 9.18 Å². The zero-order chi connectivity index (χ0) is 25.3. The minimum atomic E-state index is -0.501. The zero-order valence-electron chi connectivity index (χ0n) is 22.0. The van der Waals surface area contributed by atoms with E-state index in [0.717, 1.165) is 57.1 Å². The minimum Gasteiger partial charge on any atom is -0.444 e. The van der Waals surface area contributed by atoms with Gasteiger partial charge in [-0.05, 0) is 112 Å². The Kier molecular flexibility index (Phi) is 7.58. The van der Waals surface area contributed by atoms with E-state index in [9.17, 15) is 14.0 Å². The average Bonchev–Trinajstić information content (AvgIpc) is 3.14. The van der Waals surface area contributed by atoms with E-state index in [0.29, 0.717) is 18.4 Å². The Morgan fingerprint density at radius 2 is 1.89 bits per heavy atom. The lowest BCUT2D eigenvalue weighted by atomic mass is 9.80. The molecule has 0 bridgehead atoms. The highest BCUT2D eigenvalue weighted by molar-refractivity contribution is 5.84. The van der Waals surface area contributed by atoms with E-state index in [1.54, 1.807) is 12.1 Å². The van der Waals surface area contributed by atoms with Crippen LogP contribution in [-0.2, 0) is 16.0 Å². The molecule has 1 unspecified atom stereocenters. The topological polar surface area (TPSA) is 58.6 Å². The Morgan fingerprint density at radius 1 is 1.17 bits per heavy atom. The first-order valence-corrected chi connectivity index (χ1v) is 13.3. The molecule has 0 saturated heterocycles. The second-order valence-electron chi connectivity index (χ2n) is 12.0. The van der Waals surface area contributed by atoms with Gasteiger partial charge in [0.1, 0.15) is 11.4 Å². The molecule has 0 spiro atoms. The van der Waals surface area contributed by atoms with Gasteiger partial charge in [0.2, 0.25) is 5.91 Å². The van der Waals surface area contributed by atoms with E-state index in [1.807, 2.05) is 26.8 Å². The van der Waals surface area contributed by atoms with Crippen molar-refractivity contribution in [2.45, 2.75) is 91.2 Å². The SMILES string of the molecule is CC(C)CC1C2=C(CCN1C(=O)C1CCC(CNC(=O)OC(C)(C)C)CC1)c1ccc(F)cc1C2. The molecule has 1 aromatic carbocycles. The van der Waals surface area contributed by atoms with E-state index in [4.69, 9.17) is 4.74 Å². The predicted octanol–water partition coefficient (Wildman–Crippen LogP) is 6.11.